The maximum atomic E-state index is 10.7. The van der Waals surface area contributed by atoms with E-state index in [1.807, 2.05) is 19.9 Å². The molecule has 2 N–H and O–H groups in total. The average molecular weight is 237 g/mol. The van der Waals surface area contributed by atoms with Gasteiger partial charge in [0.05, 0.1) is 5.75 Å². The summed E-state index contributed by atoms with van der Waals surface area (Å²) in [7, 11) is 0. The van der Waals surface area contributed by atoms with Crippen LogP contribution in [0.2, 0.25) is 0 Å². The lowest BCUT2D eigenvalue weighted by Crippen LogP contribution is -2.13. The molecule has 0 fully saturated rings. The van der Waals surface area contributed by atoms with Crippen molar-refractivity contribution >= 4 is 23.4 Å². The van der Waals surface area contributed by atoms with Crippen LogP contribution < -0.4 is 5.73 Å². The third-order valence-corrected chi connectivity index (χ3v) is 2.96. The summed E-state index contributed by atoms with van der Waals surface area (Å²) in [5, 5.41) is 8.56. The van der Waals surface area contributed by atoms with Gasteiger partial charge in [-0.1, -0.05) is 11.8 Å². The average Bonchev–Trinajstić information content (AvgIpc) is 2.57. The summed E-state index contributed by atoms with van der Waals surface area (Å²) in [5.74, 6) is 0.359. The maximum Gasteiger partial charge on any atom is 0.256 e. The van der Waals surface area contributed by atoms with Crippen LogP contribution in [0.25, 0.3) is 5.78 Å². The molecule has 84 valence electrons. The van der Waals surface area contributed by atoms with E-state index in [-0.39, 0.29) is 11.7 Å². The number of amides is 1. The normalized spacial score (nSPS) is 10.9. The summed E-state index contributed by atoms with van der Waals surface area (Å²) in [4.78, 5) is 14.9. The minimum atomic E-state index is -0.375. The van der Waals surface area contributed by atoms with Crippen LogP contribution >= 0.6 is 11.8 Å². The van der Waals surface area contributed by atoms with E-state index in [0.29, 0.717) is 10.9 Å². The molecule has 0 aromatic carbocycles. The van der Waals surface area contributed by atoms with Gasteiger partial charge in [0.25, 0.3) is 5.78 Å². The van der Waals surface area contributed by atoms with E-state index in [1.165, 1.54) is 11.8 Å². The van der Waals surface area contributed by atoms with Gasteiger partial charge in [0.1, 0.15) is 0 Å². The van der Waals surface area contributed by atoms with Crippen molar-refractivity contribution in [3.05, 3.63) is 17.5 Å². The number of thioether (sulfide) groups is 1. The molecule has 0 spiro atoms. The molecule has 2 rings (SSSR count). The summed E-state index contributed by atoms with van der Waals surface area (Å²) in [6.45, 7) is 3.84. The molecule has 0 radical (unpaired) electrons. The van der Waals surface area contributed by atoms with Crippen molar-refractivity contribution in [2.45, 2.75) is 19.0 Å². The quantitative estimate of drug-likeness (QED) is 0.777. The summed E-state index contributed by atoms with van der Waals surface area (Å²) < 4.78 is 1.81. The molecule has 0 saturated heterocycles. The van der Waals surface area contributed by atoms with E-state index in [9.17, 15) is 4.79 Å². The number of fused-ring (bicyclic) bond motifs is 1. The highest BCUT2D eigenvalue weighted by Crippen LogP contribution is 2.17. The molecule has 0 atom stereocenters. The molecule has 16 heavy (non-hydrogen) atoms. The molecule has 0 aliphatic carbocycles. The summed E-state index contributed by atoms with van der Waals surface area (Å²) in [6.07, 6.45) is 0. The second-order valence-corrected chi connectivity index (χ2v) is 4.35. The first-order chi connectivity index (χ1) is 7.58. The lowest BCUT2D eigenvalue weighted by Gasteiger charge is -2.02. The molecule has 0 aliphatic heterocycles. The van der Waals surface area contributed by atoms with Crippen LogP contribution in [0.15, 0.2) is 11.2 Å². The van der Waals surface area contributed by atoms with Gasteiger partial charge in [-0.15, -0.1) is 10.2 Å². The first-order valence-corrected chi connectivity index (χ1v) is 5.67. The lowest BCUT2D eigenvalue weighted by molar-refractivity contribution is -0.115. The number of rotatable bonds is 3. The number of carbonyl (C=O) groups is 1. The molecular formula is C9H11N5OS. The maximum absolute atomic E-state index is 10.7. The van der Waals surface area contributed by atoms with E-state index in [2.05, 4.69) is 15.2 Å². The Kier molecular flexibility index (Phi) is 2.78. The summed E-state index contributed by atoms with van der Waals surface area (Å²) in [6, 6.07) is 1.94. The van der Waals surface area contributed by atoms with Gasteiger partial charge in [-0.25, -0.2) is 4.98 Å². The number of aryl methyl sites for hydroxylation is 2. The fourth-order valence-corrected chi connectivity index (χ4v) is 2.15. The van der Waals surface area contributed by atoms with Gasteiger partial charge in [0, 0.05) is 11.4 Å². The molecule has 6 nitrogen and oxygen atoms in total. The van der Waals surface area contributed by atoms with Crippen LogP contribution in [-0.4, -0.2) is 31.2 Å². The monoisotopic (exact) mass is 237 g/mol. The zero-order valence-corrected chi connectivity index (χ0v) is 9.78. The van der Waals surface area contributed by atoms with Crippen molar-refractivity contribution in [1.82, 2.24) is 19.6 Å². The smallest absolute Gasteiger partial charge is 0.256 e. The zero-order valence-electron chi connectivity index (χ0n) is 8.97. The zero-order chi connectivity index (χ0) is 11.7. The number of carbonyl (C=O) groups excluding carboxylic acids is 1. The van der Waals surface area contributed by atoms with E-state index in [4.69, 9.17) is 5.73 Å². The predicted molar refractivity (Wildman–Crippen MR) is 60.2 cm³/mol. The summed E-state index contributed by atoms with van der Waals surface area (Å²) in [5.41, 5.74) is 6.96. The van der Waals surface area contributed by atoms with Crippen LogP contribution in [0.5, 0.6) is 0 Å². The number of nitrogens with zero attached hydrogens (tertiary/aromatic N) is 4. The Bertz CT molecular complexity index is 550. The van der Waals surface area contributed by atoms with Gasteiger partial charge in [-0.05, 0) is 19.9 Å². The van der Waals surface area contributed by atoms with Crippen molar-refractivity contribution in [3.8, 4) is 0 Å². The highest BCUT2D eigenvalue weighted by atomic mass is 32.2. The first-order valence-electron chi connectivity index (χ1n) is 4.68. The first kappa shape index (κ1) is 10.9. The summed E-state index contributed by atoms with van der Waals surface area (Å²) >= 11 is 1.26. The molecule has 1 amide bonds. The van der Waals surface area contributed by atoms with Gasteiger partial charge in [0.15, 0.2) is 5.16 Å². The van der Waals surface area contributed by atoms with Crippen molar-refractivity contribution < 1.29 is 4.79 Å². The van der Waals surface area contributed by atoms with Gasteiger partial charge in [-0.2, -0.15) is 0 Å². The Morgan fingerprint density at radius 1 is 1.50 bits per heavy atom. The molecule has 0 bridgehead atoms. The fraction of sp³-hybridized carbons (Fsp3) is 0.333. The van der Waals surface area contributed by atoms with Gasteiger partial charge in [-0.3, -0.25) is 9.20 Å². The standard InChI is InChI=1S/C9H11N5OS/c1-5-3-6(2)14-8(11-5)12-13-9(14)16-4-7(10)15/h3H,4H2,1-2H3,(H2,10,15). The van der Waals surface area contributed by atoms with Gasteiger partial charge >= 0.3 is 0 Å². The minimum Gasteiger partial charge on any atom is -0.369 e. The van der Waals surface area contributed by atoms with E-state index in [1.54, 1.807) is 4.40 Å². The Balaban J connectivity index is 2.43. The molecule has 2 heterocycles. The SMILES string of the molecule is Cc1cc(C)n2c(SCC(N)=O)nnc2n1. The molecule has 2 aromatic rings. The van der Waals surface area contributed by atoms with Crippen LogP contribution in [0.4, 0.5) is 0 Å². The second-order valence-electron chi connectivity index (χ2n) is 3.41. The molecule has 0 unspecified atom stereocenters. The Morgan fingerprint density at radius 3 is 2.94 bits per heavy atom. The third kappa shape index (κ3) is 1.99. The van der Waals surface area contributed by atoms with Crippen molar-refractivity contribution in [2.75, 3.05) is 5.75 Å². The van der Waals surface area contributed by atoms with E-state index in [0.717, 1.165) is 11.4 Å². The lowest BCUT2D eigenvalue weighted by atomic mass is 10.3. The van der Waals surface area contributed by atoms with E-state index >= 15 is 0 Å². The number of hydrogen-bond donors (Lipinski definition) is 1. The molecule has 2 aromatic heterocycles. The fourth-order valence-electron chi connectivity index (χ4n) is 1.43. The number of nitrogens with two attached hydrogens (primary N) is 1. The molecule has 0 saturated carbocycles. The largest absolute Gasteiger partial charge is 0.369 e. The second kappa shape index (κ2) is 4.09. The van der Waals surface area contributed by atoms with Crippen LogP contribution in [-0.2, 0) is 4.79 Å². The topological polar surface area (TPSA) is 86.2 Å². The highest BCUT2D eigenvalue weighted by Gasteiger charge is 2.10. The molecule has 0 aliphatic rings. The highest BCUT2D eigenvalue weighted by molar-refractivity contribution is 7.99. The van der Waals surface area contributed by atoms with Gasteiger partial charge in [0.2, 0.25) is 5.91 Å². The number of primary amides is 1. The van der Waals surface area contributed by atoms with Crippen molar-refractivity contribution in [1.29, 1.82) is 0 Å². The Morgan fingerprint density at radius 2 is 2.25 bits per heavy atom. The Labute approximate surface area is 96.3 Å². The van der Waals surface area contributed by atoms with Crippen molar-refractivity contribution in [2.24, 2.45) is 5.73 Å². The number of aromatic nitrogens is 4. The van der Waals surface area contributed by atoms with Gasteiger partial charge < -0.3 is 5.73 Å². The Hall–Kier alpha value is -1.63. The van der Waals surface area contributed by atoms with Crippen LogP contribution in [0.1, 0.15) is 11.4 Å². The number of hydrogen-bond acceptors (Lipinski definition) is 5. The third-order valence-electron chi connectivity index (χ3n) is 2.01. The van der Waals surface area contributed by atoms with E-state index < -0.39 is 0 Å². The minimum absolute atomic E-state index is 0.189. The molecule has 7 heteroatoms. The molecular weight excluding hydrogens is 226 g/mol. The predicted octanol–water partition coefficient (Wildman–Crippen LogP) is 0.319. The van der Waals surface area contributed by atoms with Crippen LogP contribution in [0.3, 0.4) is 0 Å². The van der Waals surface area contributed by atoms with Crippen LogP contribution in [0, 0.1) is 13.8 Å². The van der Waals surface area contributed by atoms with Crippen molar-refractivity contribution in [3.63, 3.8) is 0 Å².